The minimum atomic E-state index is -0.478. The fraction of sp³-hybridized carbons (Fsp3) is 0.476. The summed E-state index contributed by atoms with van der Waals surface area (Å²) < 4.78 is 0. The van der Waals surface area contributed by atoms with Gasteiger partial charge >= 0.3 is 0 Å². The first-order valence-electron chi connectivity index (χ1n) is 9.50. The average Bonchev–Trinajstić information content (AvgIpc) is 2.67. The van der Waals surface area contributed by atoms with Crippen molar-refractivity contribution in [2.75, 3.05) is 31.1 Å². The average molecular weight is 387 g/mol. The minimum Gasteiger partial charge on any atom is -0.353 e. The van der Waals surface area contributed by atoms with Crippen molar-refractivity contribution in [3.63, 3.8) is 0 Å². The van der Waals surface area contributed by atoms with Gasteiger partial charge in [0.15, 0.2) is 5.82 Å². The molecule has 6 heteroatoms. The van der Waals surface area contributed by atoms with Crippen LogP contribution in [0.15, 0.2) is 30.3 Å². The van der Waals surface area contributed by atoms with E-state index in [2.05, 4.69) is 25.7 Å². The molecule has 1 fully saturated rings. The Kier molecular flexibility index (Phi) is 6.00. The van der Waals surface area contributed by atoms with E-state index in [1.54, 1.807) is 6.92 Å². The van der Waals surface area contributed by atoms with Crippen molar-refractivity contribution in [1.29, 1.82) is 0 Å². The van der Waals surface area contributed by atoms with Gasteiger partial charge in [0.05, 0.1) is 0 Å². The SMILES string of the molecule is Cc1nc(-c2ccccc2)nc(N2CCN(C(=O)C(C)Cl)CC2)c1C(C)C. The third-order valence-electron chi connectivity index (χ3n) is 4.96. The lowest BCUT2D eigenvalue weighted by Gasteiger charge is -2.37. The summed E-state index contributed by atoms with van der Waals surface area (Å²) in [4.78, 5) is 26.0. The lowest BCUT2D eigenvalue weighted by molar-refractivity contribution is -0.130. The van der Waals surface area contributed by atoms with Gasteiger partial charge in [0.2, 0.25) is 5.91 Å². The van der Waals surface area contributed by atoms with E-state index in [-0.39, 0.29) is 5.91 Å². The Labute approximate surface area is 166 Å². The predicted molar refractivity (Wildman–Crippen MR) is 110 cm³/mol. The lowest BCUT2D eigenvalue weighted by atomic mass is 10.0. The Hall–Kier alpha value is -2.14. The molecule has 1 aromatic heterocycles. The Balaban J connectivity index is 1.92. The molecule has 1 aliphatic rings. The predicted octanol–water partition coefficient (Wildman–Crippen LogP) is 3.85. The summed E-state index contributed by atoms with van der Waals surface area (Å²) in [7, 11) is 0. The lowest BCUT2D eigenvalue weighted by Crippen LogP contribution is -2.51. The number of benzene rings is 1. The maximum absolute atomic E-state index is 12.2. The molecule has 1 aliphatic heterocycles. The number of halogens is 1. The molecule has 1 saturated heterocycles. The number of nitrogens with zero attached hydrogens (tertiary/aromatic N) is 4. The largest absolute Gasteiger partial charge is 0.353 e. The second kappa shape index (κ2) is 8.26. The number of aromatic nitrogens is 2. The molecule has 0 bridgehead atoms. The molecule has 3 rings (SSSR count). The number of aryl methyl sites for hydroxylation is 1. The van der Waals surface area contributed by atoms with E-state index in [9.17, 15) is 4.79 Å². The van der Waals surface area contributed by atoms with Gasteiger partial charge in [-0.15, -0.1) is 11.6 Å². The number of carbonyl (C=O) groups excluding carboxylic acids is 1. The van der Waals surface area contributed by atoms with E-state index >= 15 is 0 Å². The number of amides is 1. The fourth-order valence-electron chi connectivity index (χ4n) is 3.59. The number of hydrogen-bond acceptors (Lipinski definition) is 4. The highest BCUT2D eigenvalue weighted by atomic mass is 35.5. The van der Waals surface area contributed by atoms with Crippen LogP contribution in [0.1, 0.15) is 37.9 Å². The van der Waals surface area contributed by atoms with E-state index in [1.807, 2.05) is 35.2 Å². The van der Waals surface area contributed by atoms with Gasteiger partial charge in [-0.2, -0.15) is 0 Å². The normalized spacial score (nSPS) is 15.9. The molecular formula is C21H27ClN4O. The third-order valence-corrected chi connectivity index (χ3v) is 5.14. The van der Waals surface area contributed by atoms with Crippen molar-refractivity contribution >= 4 is 23.3 Å². The summed E-state index contributed by atoms with van der Waals surface area (Å²) in [6.45, 7) is 11.0. The Morgan fingerprint density at radius 3 is 2.22 bits per heavy atom. The zero-order valence-corrected chi connectivity index (χ0v) is 17.2. The van der Waals surface area contributed by atoms with Crippen molar-refractivity contribution in [2.24, 2.45) is 0 Å². The van der Waals surface area contributed by atoms with Gasteiger partial charge in [0.25, 0.3) is 0 Å². The molecule has 2 heterocycles. The minimum absolute atomic E-state index is 0.00393. The van der Waals surface area contributed by atoms with Gasteiger partial charge in [-0.3, -0.25) is 4.79 Å². The Morgan fingerprint density at radius 2 is 1.67 bits per heavy atom. The molecule has 0 N–H and O–H groups in total. The number of alkyl halides is 1. The fourth-order valence-corrected chi connectivity index (χ4v) is 3.73. The maximum Gasteiger partial charge on any atom is 0.240 e. The van der Waals surface area contributed by atoms with Crippen molar-refractivity contribution in [2.45, 2.75) is 39.0 Å². The zero-order chi connectivity index (χ0) is 19.6. The van der Waals surface area contributed by atoms with Crippen LogP contribution in [0.4, 0.5) is 5.82 Å². The number of hydrogen-bond donors (Lipinski definition) is 0. The summed E-state index contributed by atoms with van der Waals surface area (Å²) in [6, 6.07) is 10.1. The monoisotopic (exact) mass is 386 g/mol. The van der Waals surface area contributed by atoms with Crippen LogP contribution in [0, 0.1) is 6.92 Å². The maximum atomic E-state index is 12.2. The first-order valence-corrected chi connectivity index (χ1v) is 9.94. The van der Waals surface area contributed by atoms with Gasteiger partial charge in [-0.25, -0.2) is 9.97 Å². The first-order chi connectivity index (χ1) is 12.9. The Morgan fingerprint density at radius 1 is 1.04 bits per heavy atom. The smallest absolute Gasteiger partial charge is 0.240 e. The second-order valence-corrected chi connectivity index (χ2v) is 7.97. The third kappa shape index (κ3) is 4.24. The van der Waals surface area contributed by atoms with E-state index in [4.69, 9.17) is 21.6 Å². The van der Waals surface area contributed by atoms with Crippen molar-refractivity contribution in [3.8, 4) is 11.4 Å². The second-order valence-electron chi connectivity index (χ2n) is 7.32. The molecule has 0 aliphatic carbocycles. The molecule has 1 amide bonds. The molecule has 1 aromatic carbocycles. The van der Waals surface area contributed by atoms with E-state index in [1.165, 1.54) is 5.56 Å². The molecule has 1 unspecified atom stereocenters. The van der Waals surface area contributed by atoms with Crippen LogP contribution in [-0.4, -0.2) is 52.3 Å². The summed E-state index contributed by atoms with van der Waals surface area (Å²) in [5.74, 6) is 2.07. The van der Waals surface area contributed by atoms with Crippen molar-refractivity contribution < 1.29 is 4.79 Å². The summed E-state index contributed by atoms with van der Waals surface area (Å²) in [6.07, 6.45) is 0. The first kappa shape index (κ1) is 19.6. The molecule has 144 valence electrons. The number of anilines is 1. The van der Waals surface area contributed by atoms with Gasteiger partial charge < -0.3 is 9.80 Å². The van der Waals surface area contributed by atoms with Crippen LogP contribution in [0.3, 0.4) is 0 Å². The van der Waals surface area contributed by atoms with E-state index in [0.717, 1.165) is 36.0 Å². The molecule has 0 saturated carbocycles. The van der Waals surface area contributed by atoms with Crippen LogP contribution in [0.25, 0.3) is 11.4 Å². The standard InChI is InChI=1S/C21H27ClN4O/c1-14(2)18-16(4)23-19(17-8-6-5-7-9-17)24-20(18)25-10-12-26(13-11-25)21(27)15(3)22/h5-9,14-15H,10-13H2,1-4H3. The van der Waals surface area contributed by atoms with Gasteiger partial charge in [-0.05, 0) is 19.8 Å². The van der Waals surface area contributed by atoms with E-state index in [0.29, 0.717) is 19.0 Å². The summed E-state index contributed by atoms with van der Waals surface area (Å²) in [5.41, 5.74) is 3.21. The highest BCUT2D eigenvalue weighted by Gasteiger charge is 2.27. The Bertz CT molecular complexity index is 799. The quantitative estimate of drug-likeness (QED) is 0.749. The van der Waals surface area contributed by atoms with Gasteiger partial charge in [-0.1, -0.05) is 44.2 Å². The van der Waals surface area contributed by atoms with Gasteiger partial charge in [0.1, 0.15) is 11.2 Å². The molecule has 1 atom stereocenters. The summed E-state index contributed by atoms with van der Waals surface area (Å²) in [5, 5.41) is -0.478. The molecule has 0 radical (unpaired) electrons. The molecule has 27 heavy (non-hydrogen) atoms. The molecular weight excluding hydrogens is 360 g/mol. The highest BCUT2D eigenvalue weighted by molar-refractivity contribution is 6.30. The number of carbonyl (C=O) groups is 1. The van der Waals surface area contributed by atoms with Crippen LogP contribution in [-0.2, 0) is 4.79 Å². The molecule has 5 nitrogen and oxygen atoms in total. The molecule has 0 spiro atoms. The number of rotatable bonds is 4. The molecule has 2 aromatic rings. The van der Waals surface area contributed by atoms with Crippen LogP contribution >= 0.6 is 11.6 Å². The van der Waals surface area contributed by atoms with E-state index < -0.39 is 5.38 Å². The van der Waals surface area contributed by atoms with Crippen LogP contribution in [0.5, 0.6) is 0 Å². The van der Waals surface area contributed by atoms with Crippen LogP contribution < -0.4 is 4.90 Å². The summed E-state index contributed by atoms with van der Waals surface area (Å²) >= 11 is 5.97. The highest BCUT2D eigenvalue weighted by Crippen LogP contribution is 2.31. The van der Waals surface area contributed by atoms with Crippen LogP contribution in [0.2, 0.25) is 0 Å². The topological polar surface area (TPSA) is 49.3 Å². The van der Waals surface area contributed by atoms with Crippen molar-refractivity contribution in [1.82, 2.24) is 14.9 Å². The number of piperazine rings is 1. The van der Waals surface area contributed by atoms with Gasteiger partial charge in [0, 0.05) is 43.0 Å². The zero-order valence-electron chi connectivity index (χ0n) is 16.4. The van der Waals surface area contributed by atoms with Crippen molar-refractivity contribution in [3.05, 3.63) is 41.6 Å².